The average Bonchev–Trinajstić information content (AvgIpc) is 2.81. The van der Waals surface area contributed by atoms with Crippen LogP contribution in [0.25, 0.3) is 5.57 Å². The van der Waals surface area contributed by atoms with Gasteiger partial charge in [0.2, 0.25) is 0 Å². The summed E-state index contributed by atoms with van der Waals surface area (Å²) in [6.45, 7) is 8.08. The van der Waals surface area contributed by atoms with Crippen molar-refractivity contribution in [2.24, 2.45) is 4.99 Å². The second-order valence-electron chi connectivity index (χ2n) is 7.88. The zero-order chi connectivity index (χ0) is 26.7. The molecule has 0 unspecified atom stereocenters. The molecule has 192 valence electrons. The monoisotopic (exact) mass is 532 g/mol. The van der Waals surface area contributed by atoms with E-state index < -0.39 is 35.8 Å². The molecular weight excluding hydrogens is 504 g/mol. The molecule has 2 aromatic rings. The molecule has 0 atom stereocenters. The number of allylic oxidation sites excluding steroid dienone is 5. The van der Waals surface area contributed by atoms with E-state index in [0.29, 0.717) is 35.0 Å². The third-order valence-electron chi connectivity index (χ3n) is 5.67. The minimum absolute atomic E-state index is 0.141. The molecule has 0 saturated carbocycles. The maximum atomic E-state index is 12.3. The van der Waals surface area contributed by atoms with Crippen LogP contribution in [0.3, 0.4) is 0 Å². The van der Waals surface area contributed by atoms with Crippen molar-refractivity contribution in [1.29, 1.82) is 0 Å². The molecule has 0 amide bonds. The third kappa shape index (κ3) is 5.93. The number of hydrogen-bond acceptors (Lipinski definition) is 7. The summed E-state index contributed by atoms with van der Waals surface area (Å²) in [5, 5.41) is 10.4. The van der Waals surface area contributed by atoms with Gasteiger partial charge in [0.05, 0.1) is 5.71 Å². The van der Waals surface area contributed by atoms with E-state index >= 15 is 0 Å². The van der Waals surface area contributed by atoms with Gasteiger partial charge in [-0.15, -0.1) is 0 Å². The summed E-state index contributed by atoms with van der Waals surface area (Å²) in [6.07, 6.45) is 6.90. The molecule has 11 heteroatoms. The molecular formula is C25H28N2O7S2. The van der Waals surface area contributed by atoms with Gasteiger partial charge in [0.15, 0.2) is 0 Å². The van der Waals surface area contributed by atoms with Crippen molar-refractivity contribution in [3.05, 3.63) is 77.4 Å². The highest BCUT2D eigenvalue weighted by Crippen LogP contribution is 2.38. The minimum atomic E-state index is -4.97. The molecule has 3 rings (SSSR count). The van der Waals surface area contributed by atoms with E-state index in [4.69, 9.17) is 0 Å². The van der Waals surface area contributed by atoms with Gasteiger partial charge < -0.3 is 10.0 Å². The van der Waals surface area contributed by atoms with Gasteiger partial charge in [-0.3, -0.25) is 14.1 Å². The molecule has 3 N–H and O–H groups in total. The number of aliphatic imine (C=N–C) groups is 1. The highest BCUT2D eigenvalue weighted by atomic mass is 32.2. The number of hydrogen-bond donors (Lipinski definition) is 3. The van der Waals surface area contributed by atoms with Crippen molar-refractivity contribution in [2.75, 3.05) is 24.5 Å². The maximum absolute atomic E-state index is 12.3. The van der Waals surface area contributed by atoms with E-state index in [1.54, 1.807) is 36.4 Å². The van der Waals surface area contributed by atoms with Crippen LogP contribution in [-0.4, -0.2) is 56.4 Å². The Morgan fingerprint density at radius 1 is 0.833 bits per heavy atom. The van der Waals surface area contributed by atoms with Gasteiger partial charge in [0, 0.05) is 30.9 Å². The smallest absolute Gasteiger partial charge is 0.298 e. The fourth-order valence-electron chi connectivity index (χ4n) is 3.99. The van der Waals surface area contributed by atoms with Crippen molar-refractivity contribution in [1.82, 2.24) is 0 Å². The molecule has 9 nitrogen and oxygen atoms in total. The van der Waals surface area contributed by atoms with Crippen LogP contribution < -0.4 is 4.90 Å². The van der Waals surface area contributed by atoms with Crippen LogP contribution in [0.4, 0.5) is 5.69 Å². The summed E-state index contributed by atoms with van der Waals surface area (Å²) in [5.41, 5.74) is 2.91. The molecule has 0 bridgehead atoms. The lowest BCUT2D eigenvalue weighted by Gasteiger charge is -2.22. The lowest BCUT2D eigenvalue weighted by Crippen LogP contribution is -2.21. The molecule has 0 saturated heterocycles. The largest absolute Gasteiger partial charge is 0.506 e. The quantitative estimate of drug-likeness (QED) is 0.431. The van der Waals surface area contributed by atoms with Crippen molar-refractivity contribution in [2.45, 2.75) is 30.6 Å². The van der Waals surface area contributed by atoms with Crippen LogP contribution in [-0.2, 0) is 20.2 Å². The van der Waals surface area contributed by atoms with E-state index in [0.717, 1.165) is 24.8 Å². The lowest BCUT2D eigenvalue weighted by molar-refractivity contribution is 0.441. The van der Waals surface area contributed by atoms with Crippen molar-refractivity contribution in [3.8, 4) is 5.75 Å². The molecule has 0 aliphatic heterocycles. The summed E-state index contributed by atoms with van der Waals surface area (Å²) >= 11 is 0. The number of nitrogens with zero attached hydrogens (tertiary/aromatic N) is 2. The van der Waals surface area contributed by atoms with Crippen molar-refractivity contribution >= 4 is 37.2 Å². The first kappa shape index (κ1) is 27.3. The molecule has 2 aromatic carbocycles. The van der Waals surface area contributed by atoms with Gasteiger partial charge in [0.1, 0.15) is 15.5 Å². The summed E-state index contributed by atoms with van der Waals surface area (Å²) in [7, 11) is -9.95. The first-order valence-electron chi connectivity index (χ1n) is 11.2. The summed E-state index contributed by atoms with van der Waals surface area (Å²) in [6, 6.07) is 8.72. The first-order valence-corrected chi connectivity index (χ1v) is 14.1. The van der Waals surface area contributed by atoms with Gasteiger partial charge in [0.25, 0.3) is 20.2 Å². The minimum Gasteiger partial charge on any atom is -0.506 e. The van der Waals surface area contributed by atoms with E-state index in [9.17, 15) is 31.0 Å². The summed E-state index contributed by atoms with van der Waals surface area (Å²) < 4.78 is 67.5. The van der Waals surface area contributed by atoms with E-state index in [2.05, 4.69) is 9.89 Å². The van der Waals surface area contributed by atoms with Gasteiger partial charge in [-0.1, -0.05) is 24.3 Å². The normalized spacial score (nSPS) is 13.7. The van der Waals surface area contributed by atoms with E-state index in [1.807, 2.05) is 32.9 Å². The standard InChI is InChI=1S/C25H28N2O7S2/c1-4-26-19-11-7-17(8-12-19)25(18-9-13-20(14-10-18)27(5-2)6-3)21-15-22(28)24(36(32,33)34)16-23(21)35(29,30)31/h7-16,28H,4-6H2,1-3H3,(H,29,30,31)(H,32,33,34). The maximum Gasteiger partial charge on any atom is 0.298 e. The molecule has 0 spiro atoms. The van der Waals surface area contributed by atoms with Crippen molar-refractivity contribution < 1.29 is 31.0 Å². The zero-order valence-electron chi connectivity index (χ0n) is 20.1. The SMILES string of the molecule is CCN=C1C=CC(=C(c2ccc(N(CC)CC)cc2)c2cc(O)c(S(=O)(=O)O)cc2S(=O)(=O)O)C=C1. The molecule has 0 radical (unpaired) electrons. The number of phenols is 1. The second-order valence-corrected chi connectivity index (χ2v) is 10.7. The number of rotatable bonds is 8. The first-order chi connectivity index (χ1) is 16.9. The molecule has 36 heavy (non-hydrogen) atoms. The number of phenolic OH excluding ortho intramolecular Hbond substituents is 1. The zero-order valence-corrected chi connectivity index (χ0v) is 21.7. The van der Waals surface area contributed by atoms with Gasteiger partial charge in [-0.05, 0) is 73.9 Å². The van der Waals surface area contributed by atoms with Crippen LogP contribution in [0.1, 0.15) is 31.9 Å². The summed E-state index contributed by atoms with van der Waals surface area (Å²) in [5.74, 6) is -0.866. The lowest BCUT2D eigenvalue weighted by atomic mass is 9.90. The van der Waals surface area contributed by atoms with Gasteiger partial charge in [-0.25, -0.2) is 0 Å². The fourth-order valence-corrected chi connectivity index (χ4v) is 5.36. The Hall–Kier alpha value is -3.25. The molecule has 0 aromatic heterocycles. The molecule has 1 aliphatic carbocycles. The predicted octanol–water partition coefficient (Wildman–Crippen LogP) is 4.12. The van der Waals surface area contributed by atoms with Crippen LogP contribution in [0, 0.1) is 0 Å². The Bertz CT molecular complexity index is 1460. The van der Waals surface area contributed by atoms with Gasteiger partial charge >= 0.3 is 0 Å². The Kier molecular flexibility index (Phi) is 8.19. The Labute approximate surface area is 211 Å². The number of benzene rings is 2. The highest BCUT2D eigenvalue weighted by molar-refractivity contribution is 7.86. The van der Waals surface area contributed by atoms with E-state index in [-0.39, 0.29) is 5.56 Å². The molecule has 0 heterocycles. The topological polar surface area (TPSA) is 145 Å². The average molecular weight is 533 g/mol. The fraction of sp³-hybridized carbons (Fsp3) is 0.240. The predicted molar refractivity (Wildman–Crippen MR) is 140 cm³/mol. The van der Waals surface area contributed by atoms with Crippen molar-refractivity contribution in [3.63, 3.8) is 0 Å². The van der Waals surface area contributed by atoms with Crippen LogP contribution in [0.15, 0.2) is 81.1 Å². The Morgan fingerprint density at radius 3 is 1.86 bits per heavy atom. The number of aromatic hydroxyl groups is 1. The molecule has 0 fully saturated rings. The Balaban J connectivity index is 2.36. The third-order valence-corrected chi connectivity index (χ3v) is 7.44. The highest BCUT2D eigenvalue weighted by Gasteiger charge is 2.27. The number of anilines is 1. The van der Waals surface area contributed by atoms with E-state index in [1.165, 1.54) is 0 Å². The van der Waals surface area contributed by atoms with Crippen LogP contribution in [0.2, 0.25) is 0 Å². The van der Waals surface area contributed by atoms with Crippen LogP contribution in [0.5, 0.6) is 5.75 Å². The molecule has 1 aliphatic rings. The Morgan fingerprint density at radius 2 is 1.39 bits per heavy atom. The van der Waals surface area contributed by atoms with Gasteiger partial charge in [-0.2, -0.15) is 16.8 Å². The second kappa shape index (κ2) is 10.8. The summed E-state index contributed by atoms with van der Waals surface area (Å²) in [4.78, 5) is 4.64. The van der Waals surface area contributed by atoms with Crippen LogP contribution >= 0.6 is 0 Å².